The number of fused-ring (bicyclic) bond motifs is 1. The van der Waals surface area contributed by atoms with Gasteiger partial charge in [-0.3, -0.25) is 0 Å². The van der Waals surface area contributed by atoms with Crippen LogP contribution in [0, 0.1) is 23.7 Å². The Bertz CT molecular complexity index is 213. The lowest BCUT2D eigenvalue weighted by Gasteiger charge is -2.40. The predicted octanol–water partition coefficient (Wildman–Crippen LogP) is 2.81. The van der Waals surface area contributed by atoms with Crippen molar-refractivity contribution in [2.24, 2.45) is 23.7 Å². The van der Waals surface area contributed by atoms with Gasteiger partial charge in [0.05, 0.1) is 0 Å². The molecule has 80 valence electrons. The minimum absolute atomic E-state index is 0.880. The van der Waals surface area contributed by atoms with Crippen LogP contribution in [-0.2, 0) is 0 Å². The van der Waals surface area contributed by atoms with E-state index < -0.39 is 0 Å². The largest absolute Gasteiger partial charge is 0.310 e. The Morgan fingerprint density at radius 2 is 1.71 bits per heavy atom. The number of rotatable bonds is 3. The summed E-state index contributed by atoms with van der Waals surface area (Å²) in [6.45, 7) is 4.76. The van der Waals surface area contributed by atoms with Gasteiger partial charge in [0.2, 0.25) is 0 Å². The first-order valence-electron chi connectivity index (χ1n) is 6.53. The summed E-state index contributed by atoms with van der Waals surface area (Å²) in [5, 5.41) is 3.92. The molecule has 3 aliphatic carbocycles. The Labute approximate surface area is 87.7 Å². The van der Waals surface area contributed by atoms with E-state index in [4.69, 9.17) is 0 Å². The fourth-order valence-electron chi connectivity index (χ4n) is 3.85. The third kappa shape index (κ3) is 1.32. The monoisotopic (exact) mass is 193 g/mol. The molecule has 3 fully saturated rings. The van der Waals surface area contributed by atoms with Crippen molar-refractivity contribution in [3.05, 3.63) is 0 Å². The molecule has 0 aromatic carbocycles. The lowest BCUT2D eigenvalue weighted by molar-refractivity contribution is 0.149. The van der Waals surface area contributed by atoms with Crippen molar-refractivity contribution in [3.63, 3.8) is 0 Å². The van der Waals surface area contributed by atoms with E-state index >= 15 is 0 Å². The predicted molar refractivity (Wildman–Crippen MR) is 59.1 cm³/mol. The van der Waals surface area contributed by atoms with Crippen molar-refractivity contribution in [1.82, 2.24) is 5.32 Å². The summed E-state index contributed by atoms with van der Waals surface area (Å²) in [5.41, 5.74) is 0. The van der Waals surface area contributed by atoms with Crippen LogP contribution in [0.15, 0.2) is 0 Å². The summed E-state index contributed by atoms with van der Waals surface area (Å²) in [6.07, 6.45) is 7.45. The molecule has 0 heterocycles. The molecule has 4 unspecified atom stereocenters. The highest BCUT2D eigenvalue weighted by molar-refractivity contribution is 5.08. The van der Waals surface area contributed by atoms with Gasteiger partial charge in [-0.2, -0.15) is 0 Å². The van der Waals surface area contributed by atoms with Crippen molar-refractivity contribution >= 4 is 0 Å². The first-order chi connectivity index (χ1) is 6.77. The molecule has 14 heavy (non-hydrogen) atoms. The summed E-state index contributed by atoms with van der Waals surface area (Å²) in [5.74, 6) is 4.04. The lowest BCUT2D eigenvalue weighted by atomic mass is 9.72. The van der Waals surface area contributed by atoms with Crippen LogP contribution < -0.4 is 5.32 Å². The molecule has 3 saturated carbocycles. The fourth-order valence-corrected chi connectivity index (χ4v) is 3.85. The van der Waals surface area contributed by atoms with Gasteiger partial charge in [0.25, 0.3) is 0 Å². The highest BCUT2D eigenvalue weighted by atomic mass is 15.0. The SMILES string of the molecule is CC(C)C1CCC1NC1C2CCCC21. The molecule has 0 amide bonds. The Morgan fingerprint density at radius 1 is 1.00 bits per heavy atom. The summed E-state index contributed by atoms with van der Waals surface area (Å²) < 4.78 is 0. The third-order valence-electron chi connectivity index (χ3n) is 5.00. The maximum atomic E-state index is 3.92. The number of nitrogens with one attached hydrogen (secondary N) is 1. The first kappa shape index (κ1) is 9.21. The van der Waals surface area contributed by atoms with Crippen molar-refractivity contribution in [3.8, 4) is 0 Å². The average Bonchev–Trinajstić information content (AvgIpc) is 2.56. The molecule has 1 N–H and O–H groups in total. The van der Waals surface area contributed by atoms with Crippen molar-refractivity contribution in [2.75, 3.05) is 0 Å². The lowest BCUT2D eigenvalue weighted by Crippen LogP contribution is -2.48. The van der Waals surface area contributed by atoms with Gasteiger partial charge in [0.1, 0.15) is 0 Å². The normalized spacial score (nSPS) is 50.4. The third-order valence-corrected chi connectivity index (χ3v) is 5.00. The minimum atomic E-state index is 0.880. The van der Waals surface area contributed by atoms with E-state index in [-0.39, 0.29) is 0 Å². The highest BCUT2D eigenvalue weighted by Gasteiger charge is 2.54. The zero-order valence-corrected chi connectivity index (χ0v) is 9.50. The molecular formula is C13H23N. The van der Waals surface area contributed by atoms with Gasteiger partial charge in [-0.15, -0.1) is 0 Å². The average molecular weight is 193 g/mol. The quantitative estimate of drug-likeness (QED) is 0.727. The molecular weight excluding hydrogens is 170 g/mol. The second-order valence-electron chi connectivity index (χ2n) is 6.04. The Kier molecular flexibility index (Phi) is 2.12. The van der Waals surface area contributed by atoms with Gasteiger partial charge >= 0.3 is 0 Å². The van der Waals surface area contributed by atoms with Crippen LogP contribution in [0.4, 0.5) is 0 Å². The Morgan fingerprint density at radius 3 is 2.21 bits per heavy atom. The van der Waals surface area contributed by atoms with Gasteiger partial charge in [-0.1, -0.05) is 20.3 Å². The van der Waals surface area contributed by atoms with Crippen LogP contribution in [0.25, 0.3) is 0 Å². The molecule has 0 bridgehead atoms. The molecule has 3 rings (SSSR count). The maximum absolute atomic E-state index is 3.92. The number of hydrogen-bond acceptors (Lipinski definition) is 1. The highest BCUT2D eigenvalue weighted by Crippen LogP contribution is 2.53. The van der Waals surface area contributed by atoms with Crippen molar-refractivity contribution in [1.29, 1.82) is 0 Å². The van der Waals surface area contributed by atoms with E-state index in [0.717, 1.165) is 35.8 Å². The van der Waals surface area contributed by atoms with Crippen LogP contribution >= 0.6 is 0 Å². The van der Waals surface area contributed by atoms with Gasteiger partial charge in [-0.05, 0) is 49.4 Å². The number of hydrogen-bond donors (Lipinski definition) is 1. The molecule has 1 heteroatoms. The van der Waals surface area contributed by atoms with E-state index in [1.165, 1.54) is 32.1 Å². The smallest absolute Gasteiger partial charge is 0.0133 e. The van der Waals surface area contributed by atoms with Crippen LogP contribution in [0.1, 0.15) is 46.0 Å². The van der Waals surface area contributed by atoms with Crippen LogP contribution in [0.5, 0.6) is 0 Å². The molecule has 0 radical (unpaired) electrons. The van der Waals surface area contributed by atoms with E-state index in [2.05, 4.69) is 19.2 Å². The van der Waals surface area contributed by atoms with Gasteiger partial charge in [0, 0.05) is 12.1 Å². The zero-order valence-electron chi connectivity index (χ0n) is 9.50. The van der Waals surface area contributed by atoms with Crippen LogP contribution in [-0.4, -0.2) is 12.1 Å². The maximum Gasteiger partial charge on any atom is 0.0133 e. The van der Waals surface area contributed by atoms with E-state index in [9.17, 15) is 0 Å². The van der Waals surface area contributed by atoms with Crippen molar-refractivity contribution in [2.45, 2.75) is 58.0 Å². The van der Waals surface area contributed by atoms with Gasteiger partial charge < -0.3 is 5.32 Å². The van der Waals surface area contributed by atoms with Crippen molar-refractivity contribution < 1.29 is 0 Å². The molecule has 0 aliphatic heterocycles. The minimum Gasteiger partial charge on any atom is -0.310 e. The standard InChI is InChI=1S/C13H23N/c1-8(2)9-6-7-12(9)14-13-10-4-3-5-11(10)13/h8-14H,3-7H2,1-2H3. The molecule has 1 nitrogen and oxygen atoms in total. The Hall–Kier alpha value is -0.0400. The van der Waals surface area contributed by atoms with Crippen LogP contribution in [0.3, 0.4) is 0 Å². The molecule has 0 aromatic heterocycles. The summed E-state index contributed by atoms with van der Waals surface area (Å²) in [7, 11) is 0. The molecule has 0 spiro atoms. The van der Waals surface area contributed by atoms with E-state index in [1.807, 2.05) is 0 Å². The summed E-state index contributed by atoms with van der Waals surface area (Å²) >= 11 is 0. The fraction of sp³-hybridized carbons (Fsp3) is 1.00. The zero-order chi connectivity index (χ0) is 9.71. The van der Waals surface area contributed by atoms with Gasteiger partial charge in [-0.25, -0.2) is 0 Å². The van der Waals surface area contributed by atoms with E-state index in [1.54, 1.807) is 0 Å². The summed E-state index contributed by atoms with van der Waals surface area (Å²) in [6, 6.07) is 1.82. The molecule has 0 saturated heterocycles. The Balaban J connectivity index is 1.50. The van der Waals surface area contributed by atoms with Crippen LogP contribution in [0.2, 0.25) is 0 Å². The van der Waals surface area contributed by atoms with Gasteiger partial charge in [0.15, 0.2) is 0 Å². The topological polar surface area (TPSA) is 12.0 Å². The second-order valence-corrected chi connectivity index (χ2v) is 6.04. The van der Waals surface area contributed by atoms with E-state index in [0.29, 0.717) is 0 Å². The second kappa shape index (κ2) is 3.23. The molecule has 4 atom stereocenters. The first-order valence-corrected chi connectivity index (χ1v) is 6.53. The summed E-state index contributed by atoms with van der Waals surface area (Å²) in [4.78, 5) is 0. The molecule has 0 aromatic rings. The molecule has 3 aliphatic rings.